The van der Waals surface area contributed by atoms with Gasteiger partial charge < -0.3 is 15.4 Å². The molecule has 0 radical (unpaired) electrons. The highest BCUT2D eigenvalue weighted by atomic mass is 35.5. The van der Waals surface area contributed by atoms with E-state index in [0.717, 1.165) is 13.0 Å². The molecule has 2 N–H and O–H groups in total. The number of esters is 1. The van der Waals surface area contributed by atoms with Crippen molar-refractivity contribution in [2.75, 3.05) is 25.5 Å². The molecule has 0 atom stereocenters. The van der Waals surface area contributed by atoms with Crippen LogP contribution >= 0.6 is 11.6 Å². The van der Waals surface area contributed by atoms with Gasteiger partial charge in [0.2, 0.25) is 5.91 Å². The molecule has 0 unspecified atom stereocenters. The van der Waals surface area contributed by atoms with Crippen LogP contribution in [0.3, 0.4) is 0 Å². The summed E-state index contributed by atoms with van der Waals surface area (Å²) in [6.07, 6.45) is 0.946. The van der Waals surface area contributed by atoms with Gasteiger partial charge in [0, 0.05) is 5.02 Å². The lowest BCUT2D eigenvalue weighted by atomic mass is 10.2. The summed E-state index contributed by atoms with van der Waals surface area (Å²) in [7, 11) is 1.28. The zero-order valence-electron chi connectivity index (χ0n) is 11.0. The quantitative estimate of drug-likeness (QED) is 0.620. The lowest BCUT2D eigenvalue weighted by Crippen LogP contribution is -2.29. The molecule has 0 saturated carbocycles. The van der Waals surface area contributed by atoms with Crippen molar-refractivity contribution in [3.63, 3.8) is 0 Å². The van der Waals surface area contributed by atoms with Crippen LogP contribution in [0.25, 0.3) is 0 Å². The summed E-state index contributed by atoms with van der Waals surface area (Å²) in [6, 6.07) is 4.64. The van der Waals surface area contributed by atoms with E-state index in [0.29, 0.717) is 10.7 Å². The van der Waals surface area contributed by atoms with Crippen molar-refractivity contribution in [2.24, 2.45) is 0 Å². The summed E-state index contributed by atoms with van der Waals surface area (Å²) in [6.45, 7) is 2.97. The summed E-state index contributed by atoms with van der Waals surface area (Å²) >= 11 is 5.82. The second-order valence-electron chi connectivity index (χ2n) is 3.91. The number of anilines is 1. The number of halogens is 1. The Balaban J connectivity index is 2.77. The first-order chi connectivity index (χ1) is 9.08. The van der Waals surface area contributed by atoms with Crippen LogP contribution in [-0.2, 0) is 9.53 Å². The van der Waals surface area contributed by atoms with Crippen LogP contribution in [0.2, 0.25) is 5.02 Å². The Hall–Kier alpha value is -1.59. The third-order valence-corrected chi connectivity index (χ3v) is 2.61. The standard InChI is InChI=1S/C13H17ClN2O3/c1-3-6-15-8-12(17)16-11-5-4-9(14)7-10(11)13(18)19-2/h4-5,7,15H,3,6,8H2,1-2H3,(H,16,17). The Bertz CT molecular complexity index is 463. The van der Waals surface area contributed by atoms with E-state index in [1.807, 2.05) is 6.92 Å². The van der Waals surface area contributed by atoms with Gasteiger partial charge >= 0.3 is 5.97 Å². The Labute approximate surface area is 117 Å². The monoisotopic (exact) mass is 284 g/mol. The van der Waals surface area contributed by atoms with Gasteiger partial charge in [0.1, 0.15) is 0 Å². The maximum absolute atomic E-state index is 11.7. The molecule has 0 aliphatic carbocycles. The first-order valence-corrected chi connectivity index (χ1v) is 6.34. The van der Waals surface area contributed by atoms with Gasteiger partial charge in [-0.15, -0.1) is 0 Å². The molecule has 0 heterocycles. The van der Waals surface area contributed by atoms with Crippen molar-refractivity contribution in [2.45, 2.75) is 13.3 Å². The maximum atomic E-state index is 11.7. The van der Waals surface area contributed by atoms with Crippen LogP contribution in [0.15, 0.2) is 18.2 Å². The number of hydrogen-bond acceptors (Lipinski definition) is 4. The number of hydrogen-bond donors (Lipinski definition) is 2. The molecule has 6 heteroatoms. The lowest BCUT2D eigenvalue weighted by molar-refractivity contribution is -0.115. The number of rotatable bonds is 6. The second-order valence-corrected chi connectivity index (χ2v) is 4.34. The Kier molecular flexibility index (Phi) is 6.32. The third-order valence-electron chi connectivity index (χ3n) is 2.37. The molecule has 1 rings (SSSR count). The molecule has 0 aliphatic heterocycles. The van der Waals surface area contributed by atoms with E-state index >= 15 is 0 Å². The molecule has 0 spiro atoms. The Morgan fingerprint density at radius 2 is 2.11 bits per heavy atom. The SMILES string of the molecule is CCCNCC(=O)Nc1ccc(Cl)cc1C(=O)OC. The van der Waals surface area contributed by atoms with Crippen molar-refractivity contribution < 1.29 is 14.3 Å². The summed E-state index contributed by atoms with van der Waals surface area (Å²) in [5, 5.41) is 6.03. The Morgan fingerprint density at radius 3 is 2.74 bits per heavy atom. The van der Waals surface area contributed by atoms with Crippen LogP contribution in [0.5, 0.6) is 0 Å². The molecule has 0 aliphatic rings. The highest BCUT2D eigenvalue weighted by molar-refractivity contribution is 6.31. The zero-order valence-corrected chi connectivity index (χ0v) is 11.7. The minimum absolute atomic E-state index is 0.192. The van der Waals surface area contributed by atoms with Crippen molar-refractivity contribution in [1.82, 2.24) is 5.32 Å². The average Bonchev–Trinajstić information content (AvgIpc) is 2.40. The van der Waals surface area contributed by atoms with E-state index in [1.165, 1.54) is 13.2 Å². The van der Waals surface area contributed by atoms with Gasteiger partial charge in [-0.3, -0.25) is 4.79 Å². The zero-order chi connectivity index (χ0) is 14.3. The van der Waals surface area contributed by atoms with Crippen LogP contribution in [-0.4, -0.2) is 32.1 Å². The van der Waals surface area contributed by atoms with Gasteiger partial charge in [-0.05, 0) is 31.2 Å². The first kappa shape index (κ1) is 15.5. The fraction of sp³-hybridized carbons (Fsp3) is 0.385. The molecular formula is C13H17ClN2O3. The predicted molar refractivity (Wildman–Crippen MR) is 74.6 cm³/mol. The molecule has 1 amide bonds. The van der Waals surface area contributed by atoms with E-state index in [1.54, 1.807) is 12.1 Å². The largest absolute Gasteiger partial charge is 0.465 e. The number of carbonyl (C=O) groups is 2. The molecule has 1 aromatic carbocycles. The number of benzene rings is 1. The van der Waals surface area contributed by atoms with E-state index in [2.05, 4.69) is 15.4 Å². The normalized spacial score (nSPS) is 10.1. The second kappa shape index (κ2) is 7.76. The summed E-state index contributed by atoms with van der Waals surface area (Å²) in [5.74, 6) is -0.764. The van der Waals surface area contributed by atoms with Gasteiger partial charge in [0.15, 0.2) is 0 Å². The predicted octanol–water partition coefficient (Wildman–Crippen LogP) is 2.06. The molecule has 0 fully saturated rings. The summed E-state index contributed by atoms with van der Waals surface area (Å²) in [4.78, 5) is 23.3. The molecule has 0 saturated heterocycles. The molecule has 5 nitrogen and oxygen atoms in total. The molecule has 1 aromatic rings. The molecule has 104 valence electrons. The molecule has 0 bridgehead atoms. The number of amides is 1. The van der Waals surface area contributed by atoms with Crippen LogP contribution in [0.1, 0.15) is 23.7 Å². The van der Waals surface area contributed by atoms with Crippen molar-refractivity contribution in [3.8, 4) is 0 Å². The van der Waals surface area contributed by atoms with Crippen LogP contribution in [0.4, 0.5) is 5.69 Å². The number of carbonyl (C=O) groups excluding carboxylic acids is 2. The van der Waals surface area contributed by atoms with Crippen molar-refractivity contribution in [3.05, 3.63) is 28.8 Å². The fourth-order valence-corrected chi connectivity index (χ4v) is 1.65. The van der Waals surface area contributed by atoms with Crippen molar-refractivity contribution >= 4 is 29.2 Å². The lowest BCUT2D eigenvalue weighted by Gasteiger charge is -2.10. The minimum Gasteiger partial charge on any atom is -0.465 e. The van der Waals surface area contributed by atoms with Crippen molar-refractivity contribution in [1.29, 1.82) is 0 Å². The minimum atomic E-state index is -0.542. The van der Waals surface area contributed by atoms with E-state index < -0.39 is 5.97 Å². The molecule has 0 aromatic heterocycles. The third kappa shape index (κ3) is 4.89. The molecular weight excluding hydrogens is 268 g/mol. The smallest absolute Gasteiger partial charge is 0.340 e. The van der Waals surface area contributed by atoms with E-state index in [9.17, 15) is 9.59 Å². The molecule has 19 heavy (non-hydrogen) atoms. The van der Waals surface area contributed by atoms with Gasteiger partial charge in [-0.25, -0.2) is 4.79 Å². The van der Waals surface area contributed by atoms with Crippen LogP contribution in [0, 0.1) is 0 Å². The van der Waals surface area contributed by atoms with E-state index in [-0.39, 0.29) is 18.0 Å². The topological polar surface area (TPSA) is 67.4 Å². The highest BCUT2D eigenvalue weighted by Crippen LogP contribution is 2.21. The number of nitrogens with one attached hydrogen (secondary N) is 2. The first-order valence-electron chi connectivity index (χ1n) is 5.97. The summed E-state index contributed by atoms with van der Waals surface area (Å²) < 4.78 is 4.65. The van der Waals surface area contributed by atoms with Gasteiger partial charge in [0.25, 0.3) is 0 Å². The van der Waals surface area contributed by atoms with Gasteiger partial charge in [-0.1, -0.05) is 18.5 Å². The summed E-state index contributed by atoms with van der Waals surface area (Å²) in [5.41, 5.74) is 0.624. The van der Waals surface area contributed by atoms with Gasteiger partial charge in [0.05, 0.1) is 24.9 Å². The van der Waals surface area contributed by atoms with E-state index in [4.69, 9.17) is 11.6 Å². The van der Waals surface area contributed by atoms with Crippen LogP contribution < -0.4 is 10.6 Å². The average molecular weight is 285 g/mol. The number of ether oxygens (including phenoxy) is 1. The fourth-order valence-electron chi connectivity index (χ4n) is 1.48. The highest BCUT2D eigenvalue weighted by Gasteiger charge is 2.14. The maximum Gasteiger partial charge on any atom is 0.340 e. The van der Waals surface area contributed by atoms with Gasteiger partial charge in [-0.2, -0.15) is 0 Å². The number of methoxy groups -OCH3 is 1. The Morgan fingerprint density at radius 1 is 1.37 bits per heavy atom.